The Morgan fingerprint density at radius 1 is 1.25 bits per heavy atom. The number of rotatable bonds is 0. The minimum absolute atomic E-state index is 0. The maximum Gasteiger partial charge on any atom is 0.124 e. The number of hydrogen-bond donors (Lipinski definition) is 0. The molecular weight excluding hydrogens is 310 g/mol. The predicted octanol–water partition coefficient (Wildman–Crippen LogP) is 1.32. The average molecular weight is 310 g/mol. The molecule has 0 N–H and O–H groups in total. The Hall–Kier alpha value is 2.68. The van der Waals surface area contributed by atoms with E-state index in [0.717, 1.165) is 0 Å². The van der Waals surface area contributed by atoms with E-state index in [1.165, 1.54) is 0 Å². The van der Waals surface area contributed by atoms with Gasteiger partial charge in [-0.2, -0.15) is 0 Å². The fourth-order valence-electron chi connectivity index (χ4n) is 0. The largest absolute Gasteiger partial charge is 0.247 e. The van der Waals surface area contributed by atoms with Crippen molar-refractivity contribution in [3.8, 4) is 0 Å². The van der Waals surface area contributed by atoms with Gasteiger partial charge < -0.3 is 0 Å². The van der Waals surface area contributed by atoms with Gasteiger partial charge in [-0.1, -0.05) is 0 Å². The van der Waals surface area contributed by atoms with Gasteiger partial charge in [0.05, 0.1) is 0 Å². The molecular formula is CaI2O. The van der Waals surface area contributed by atoms with Crippen molar-refractivity contribution in [2.45, 2.75) is 0 Å². The van der Waals surface area contributed by atoms with Crippen LogP contribution in [0.1, 0.15) is 0 Å². The zero-order valence-electron chi connectivity index (χ0n) is 1.87. The SMILES string of the molecule is IOI.[Ca]. The topological polar surface area (TPSA) is 9.23 Å². The molecule has 0 heterocycles. The second kappa shape index (κ2) is 9.19. The van der Waals surface area contributed by atoms with Crippen molar-refractivity contribution in [3.05, 3.63) is 0 Å². The van der Waals surface area contributed by atoms with E-state index in [4.69, 9.17) is 0 Å². The van der Waals surface area contributed by atoms with Crippen molar-refractivity contribution < 1.29 is 1.40 Å². The molecule has 0 atom stereocenters. The third-order valence-corrected chi connectivity index (χ3v) is 0. The molecule has 1 nitrogen and oxygen atoms in total. The third kappa shape index (κ3) is 8.82. The van der Waals surface area contributed by atoms with E-state index < -0.39 is 0 Å². The van der Waals surface area contributed by atoms with Gasteiger partial charge in [0.15, 0.2) is 0 Å². The van der Waals surface area contributed by atoms with Crippen LogP contribution in [0.25, 0.3) is 0 Å². The summed E-state index contributed by atoms with van der Waals surface area (Å²) < 4.78 is 4.19. The van der Waals surface area contributed by atoms with E-state index in [0.29, 0.717) is 0 Å². The van der Waals surface area contributed by atoms with Crippen LogP contribution in [0.3, 0.4) is 0 Å². The number of halogens is 2. The van der Waals surface area contributed by atoms with E-state index in [1.807, 2.05) is 0 Å². The van der Waals surface area contributed by atoms with Gasteiger partial charge in [-0.3, -0.25) is 0 Å². The summed E-state index contributed by atoms with van der Waals surface area (Å²) in [6.07, 6.45) is 0. The summed E-state index contributed by atoms with van der Waals surface area (Å²) in [6.45, 7) is 0. The minimum atomic E-state index is 0. The van der Waals surface area contributed by atoms with E-state index in [-0.39, 0.29) is 37.7 Å². The predicted molar refractivity (Wildman–Crippen MR) is 34.9 cm³/mol. The third-order valence-electron chi connectivity index (χ3n) is 0. The zero-order valence-corrected chi connectivity index (χ0v) is 8.39. The van der Waals surface area contributed by atoms with Gasteiger partial charge in [-0.05, 0) is 0 Å². The molecule has 0 aromatic rings. The van der Waals surface area contributed by atoms with Crippen LogP contribution in [-0.4, -0.2) is 37.7 Å². The fraction of sp³-hybridized carbons (Fsp3) is 0. The van der Waals surface area contributed by atoms with Crippen molar-refractivity contribution in [2.24, 2.45) is 0 Å². The van der Waals surface area contributed by atoms with Crippen molar-refractivity contribution in [1.29, 1.82) is 0 Å². The molecule has 0 amide bonds. The maximum atomic E-state index is 4.19. The Morgan fingerprint density at radius 3 is 1.25 bits per heavy atom. The van der Waals surface area contributed by atoms with Crippen LogP contribution in [-0.2, 0) is 1.40 Å². The van der Waals surface area contributed by atoms with Gasteiger partial charge in [0.25, 0.3) is 0 Å². The van der Waals surface area contributed by atoms with E-state index in [2.05, 4.69) is 1.40 Å². The summed E-state index contributed by atoms with van der Waals surface area (Å²) in [5.41, 5.74) is 0. The first-order chi connectivity index (χ1) is 1.41. The van der Waals surface area contributed by atoms with Crippen LogP contribution < -0.4 is 0 Å². The first kappa shape index (κ1) is 9.84. The van der Waals surface area contributed by atoms with E-state index >= 15 is 0 Å². The van der Waals surface area contributed by atoms with Gasteiger partial charge in [0.2, 0.25) is 0 Å². The second-order valence-corrected chi connectivity index (χ2v) is 2.62. The molecule has 0 fully saturated rings. The van der Waals surface area contributed by atoms with Crippen molar-refractivity contribution in [1.82, 2.24) is 0 Å². The normalized spacial score (nSPS) is 4.50. The van der Waals surface area contributed by atoms with Gasteiger partial charge >= 0.3 is 0 Å². The van der Waals surface area contributed by atoms with E-state index in [9.17, 15) is 0 Å². The first-order valence-corrected chi connectivity index (χ1v) is 2.07. The van der Waals surface area contributed by atoms with Crippen molar-refractivity contribution in [2.75, 3.05) is 0 Å². The maximum absolute atomic E-state index is 4.19. The Bertz CT molecular complexity index is 6.00. The Morgan fingerprint density at radius 2 is 1.25 bits per heavy atom. The smallest absolute Gasteiger partial charge is 0.124 e. The Labute approximate surface area is 83.2 Å². The summed E-state index contributed by atoms with van der Waals surface area (Å²) in [5, 5.41) is 0. The molecule has 0 aromatic heterocycles. The number of hydrogen-bond acceptors (Lipinski definition) is 1. The minimum Gasteiger partial charge on any atom is -0.247 e. The summed E-state index contributed by atoms with van der Waals surface area (Å²) in [6, 6.07) is 0. The molecule has 0 aliphatic rings. The average Bonchev–Trinajstić information content (AvgIpc) is 0.918. The van der Waals surface area contributed by atoms with Gasteiger partial charge in [-0.25, -0.2) is 1.40 Å². The fourth-order valence-corrected chi connectivity index (χ4v) is 0. The van der Waals surface area contributed by atoms with Crippen LogP contribution in [0.5, 0.6) is 0 Å². The van der Waals surface area contributed by atoms with Crippen molar-refractivity contribution >= 4 is 83.7 Å². The quantitative estimate of drug-likeness (QED) is 0.484. The molecule has 0 saturated heterocycles. The molecule has 0 rings (SSSR count). The van der Waals surface area contributed by atoms with Gasteiger partial charge in [0, 0.05) is 37.7 Å². The molecule has 0 unspecified atom stereocenters. The molecule has 0 saturated carbocycles. The second-order valence-electron chi connectivity index (χ2n) is 0.0583. The molecule has 0 aromatic carbocycles. The summed E-state index contributed by atoms with van der Waals surface area (Å²) in [7, 11) is 0. The molecule has 4 heteroatoms. The molecule has 0 bridgehead atoms. The van der Waals surface area contributed by atoms with Crippen LogP contribution in [0.15, 0.2) is 0 Å². The van der Waals surface area contributed by atoms with Crippen LogP contribution in [0.2, 0.25) is 0 Å². The van der Waals surface area contributed by atoms with Gasteiger partial charge in [0.1, 0.15) is 46.0 Å². The molecule has 22 valence electrons. The standard InChI is InChI=1S/Ca.I2O/c;1-3-2. The zero-order chi connectivity index (χ0) is 2.71. The monoisotopic (exact) mass is 310 g/mol. The van der Waals surface area contributed by atoms with Crippen LogP contribution in [0, 0.1) is 0 Å². The van der Waals surface area contributed by atoms with Crippen molar-refractivity contribution in [3.63, 3.8) is 0 Å². The Balaban J connectivity index is 0. The summed E-state index contributed by atoms with van der Waals surface area (Å²) in [5.74, 6) is 0. The molecule has 2 radical (unpaired) electrons. The molecule has 0 aliphatic heterocycles. The first-order valence-electron chi connectivity index (χ1n) is 0.309. The van der Waals surface area contributed by atoms with Crippen LogP contribution >= 0.6 is 46.0 Å². The molecule has 0 aliphatic carbocycles. The van der Waals surface area contributed by atoms with Gasteiger partial charge in [-0.15, -0.1) is 0 Å². The Kier molecular flexibility index (Phi) is 22.6. The molecule has 0 spiro atoms. The molecule has 4 heavy (non-hydrogen) atoms. The summed E-state index contributed by atoms with van der Waals surface area (Å²) in [4.78, 5) is 0. The van der Waals surface area contributed by atoms with Crippen LogP contribution in [0.4, 0.5) is 0 Å². The summed E-state index contributed by atoms with van der Waals surface area (Å²) >= 11 is 3.55. The van der Waals surface area contributed by atoms with E-state index in [1.54, 1.807) is 46.0 Å².